The van der Waals surface area contributed by atoms with Gasteiger partial charge in [0.15, 0.2) is 5.82 Å². The first-order chi connectivity index (χ1) is 15.2. The molecular weight excluding hydrogens is 491 g/mol. The van der Waals surface area contributed by atoms with Crippen molar-refractivity contribution in [3.63, 3.8) is 0 Å². The van der Waals surface area contributed by atoms with E-state index in [0.29, 0.717) is 26.4 Å². The number of hydrogen-bond acceptors (Lipinski definition) is 5. The zero-order valence-corrected chi connectivity index (χ0v) is 21.0. The van der Waals surface area contributed by atoms with Crippen molar-refractivity contribution in [3.8, 4) is 11.1 Å². The quantitative estimate of drug-likeness (QED) is 0.353. The molecule has 174 valence electrons. The first-order valence-electron chi connectivity index (χ1n) is 10.4. The van der Waals surface area contributed by atoms with E-state index < -0.39 is 23.4 Å². The van der Waals surface area contributed by atoms with Gasteiger partial charge in [0.1, 0.15) is 17.0 Å². The van der Waals surface area contributed by atoms with Crippen LogP contribution in [0.4, 0.5) is 19.8 Å². The highest BCUT2D eigenvalue weighted by Crippen LogP contribution is 2.35. The third-order valence-electron chi connectivity index (χ3n) is 4.34. The van der Waals surface area contributed by atoms with Gasteiger partial charge in [0, 0.05) is 21.4 Å². The lowest BCUT2D eigenvalue weighted by molar-refractivity contribution is 0.0429. The molecule has 6 nitrogen and oxygen atoms in total. The van der Waals surface area contributed by atoms with Crippen molar-refractivity contribution in [1.82, 2.24) is 4.98 Å². The maximum absolute atomic E-state index is 13.8. The van der Waals surface area contributed by atoms with Gasteiger partial charge in [0.2, 0.25) is 0 Å². The van der Waals surface area contributed by atoms with Crippen LogP contribution in [-0.4, -0.2) is 28.4 Å². The van der Waals surface area contributed by atoms with Crippen LogP contribution in [0.5, 0.6) is 0 Å². The summed E-state index contributed by atoms with van der Waals surface area (Å²) in [7, 11) is 0. The molecule has 2 aromatic carbocycles. The fraction of sp³-hybridized carbons (Fsp3) is 0.320. The van der Waals surface area contributed by atoms with Crippen LogP contribution in [-0.2, 0) is 9.47 Å². The van der Waals surface area contributed by atoms with Gasteiger partial charge in [0.25, 0.3) is 0 Å². The maximum Gasteiger partial charge on any atom is 0.425 e. The summed E-state index contributed by atoms with van der Waals surface area (Å²) in [6, 6.07) is 11.5. The Labute approximate surface area is 200 Å². The number of halogens is 2. The van der Waals surface area contributed by atoms with Gasteiger partial charge in [0.05, 0.1) is 0 Å². The number of hydrogen-bond donors (Lipinski definition) is 0. The van der Waals surface area contributed by atoms with Crippen LogP contribution in [0, 0.1) is 5.82 Å². The van der Waals surface area contributed by atoms with E-state index in [9.17, 15) is 14.0 Å². The van der Waals surface area contributed by atoms with Gasteiger partial charge in [-0.25, -0.2) is 19.0 Å². The number of carbonyl (C=O) groups is 2. The van der Waals surface area contributed by atoms with Crippen LogP contribution in [0.1, 0.15) is 41.5 Å². The second kappa shape index (κ2) is 9.09. The molecular formula is C25H26BrFN2O4. The van der Waals surface area contributed by atoms with Gasteiger partial charge in [-0.2, -0.15) is 4.90 Å². The zero-order chi connectivity index (χ0) is 24.6. The molecule has 0 N–H and O–H groups in total. The Bertz CT molecular complexity index is 1190. The van der Waals surface area contributed by atoms with E-state index in [0.717, 1.165) is 4.90 Å². The van der Waals surface area contributed by atoms with Crippen molar-refractivity contribution < 1.29 is 23.5 Å². The topological polar surface area (TPSA) is 68.7 Å². The Hall–Kier alpha value is -3.00. The maximum atomic E-state index is 13.8. The zero-order valence-electron chi connectivity index (χ0n) is 19.4. The summed E-state index contributed by atoms with van der Waals surface area (Å²) in [5.74, 6) is -0.320. The van der Waals surface area contributed by atoms with Crippen LogP contribution in [0.3, 0.4) is 0 Å². The normalized spacial score (nSPS) is 11.9. The molecule has 2 amide bonds. The highest BCUT2D eigenvalue weighted by Gasteiger charge is 2.34. The highest BCUT2D eigenvalue weighted by atomic mass is 79.9. The Morgan fingerprint density at radius 2 is 1.45 bits per heavy atom. The summed E-state index contributed by atoms with van der Waals surface area (Å²) in [6.07, 6.45) is -0.325. The summed E-state index contributed by atoms with van der Waals surface area (Å²) in [4.78, 5) is 31.4. The lowest BCUT2D eigenvalue weighted by Crippen LogP contribution is -2.44. The summed E-state index contributed by atoms with van der Waals surface area (Å²) < 4.78 is 25.5. The molecule has 0 radical (unpaired) electrons. The molecule has 0 bridgehead atoms. The molecule has 33 heavy (non-hydrogen) atoms. The molecule has 0 aliphatic heterocycles. The second-order valence-electron chi connectivity index (χ2n) is 9.50. The fourth-order valence-corrected chi connectivity index (χ4v) is 3.53. The monoisotopic (exact) mass is 516 g/mol. The van der Waals surface area contributed by atoms with Crippen LogP contribution in [0.15, 0.2) is 53.1 Å². The molecule has 0 aliphatic carbocycles. The first-order valence-corrected chi connectivity index (χ1v) is 11.1. The number of ether oxygens (including phenoxy) is 2. The predicted octanol–water partition coefficient (Wildman–Crippen LogP) is 7.48. The largest absolute Gasteiger partial charge is 0.443 e. The minimum atomic E-state index is -0.913. The molecule has 0 saturated heterocycles. The van der Waals surface area contributed by atoms with Gasteiger partial charge in [-0.05, 0) is 86.8 Å². The van der Waals surface area contributed by atoms with Gasteiger partial charge in [-0.15, -0.1) is 0 Å². The van der Waals surface area contributed by atoms with Crippen molar-refractivity contribution in [2.45, 2.75) is 52.7 Å². The van der Waals surface area contributed by atoms with Gasteiger partial charge in [-0.1, -0.05) is 24.3 Å². The van der Waals surface area contributed by atoms with E-state index in [1.165, 1.54) is 18.3 Å². The molecule has 0 saturated carbocycles. The van der Waals surface area contributed by atoms with Gasteiger partial charge >= 0.3 is 12.2 Å². The lowest BCUT2D eigenvalue weighted by Gasteiger charge is -2.28. The van der Waals surface area contributed by atoms with Crippen molar-refractivity contribution in [2.24, 2.45) is 0 Å². The number of carbonyl (C=O) groups excluding carboxylic acids is 2. The second-order valence-corrected chi connectivity index (χ2v) is 10.4. The molecule has 1 aromatic heterocycles. The third kappa shape index (κ3) is 6.07. The SMILES string of the molecule is CC(C)(C)OC(=O)N(C(=O)OC(C)(C)C)c1ncc(Br)c2ccc(-c3cccc(F)c3)cc12. The molecule has 3 aromatic rings. The molecule has 0 fully saturated rings. The molecule has 0 unspecified atom stereocenters. The van der Waals surface area contributed by atoms with Gasteiger partial charge < -0.3 is 9.47 Å². The van der Waals surface area contributed by atoms with Crippen LogP contribution >= 0.6 is 15.9 Å². The molecule has 0 aliphatic rings. The van der Waals surface area contributed by atoms with Gasteiger partial charge in [-0.3, -0.25) is 0 Å². The van der Waals surface area contributed by atoms with Crippen molar-refractivity contribution in [2.75, 3.05) is 4.90 Å². The van der Waals surface area contributed by atoms with Crippen molar-refractivity contribution in [3.05, 3.63) is 59.0 Å². The number of rotatable bonds is 2. The van der Waals surface area contributed by atoms with E-state index in [2.05, 4.69) is 20.9 Å². The van der Waals surface area contributed by atoms with E-state index in [4.69, 9.17) is 9.47 Å². The van der Waals surface area contributed by atoms with Crippen LogP contribution in [0.2, 0.25) is 0 Å². The smallest absolute Gasteiger partial charge is 0.425 e. The Morgan fingerprint density at radius 1 is 0.879 bits per heavy atom. The molecule has 8 heteroatoms. The lowest BCUT2D eigenvalue weighted by atomic mass is 10.0. The number of imide groups is 1. The summed E-state index contributed by atoms with van der Waals surface area (Å²) in [5, 5.41) is 1.19. The summed E-state index contributed by atoms with van der Waals surface area (Å²) in [5.41, 5.74) is -0.370. The number of aromatic nitrogens is 1. The molecule has 3 rings (SSSR count). The average molecular weight is 517 g/mol. The Kier molecular flexibility index (Phi) is 6.79. The van der Waals surface area contributed by atoms with Crippen molar-refractivity contribution >= 4 is 44.7 Å². The minimum absolute atomic E-state index is 0.0509. The number of anilines is 1. The standard InChI is InChI=1S/C25H26BrFN2O4/c1-24(2,3)32-22(30)29(23(31)33-25(4,5)6)21-19-13-16(15-8-7-9-17(27)12-15)10-11-18(19)20(26)14-28-21/h7-14H,1-6H3. The first kappa shape index (κ1) is 24.6. The number of fused-ring (bicyclic) bond motifs is 1. The van der Waals surface area contributed by atoms with E-state index in [-0.39, 0.29) is 11.6 Å². The van der Waals surface area contributed by atoms with E-state index in [1.807, 2.05) is 12.1 Å². The average Bonchev–Trinajstić information content (AvgIpc) is 2.67. The highest BCUT2D eigenvalue weighted by molar-refractivity contribution is 9.10. The summed E-state index contributed by atoms with van der Waals surface area (Å²) >= 11 is 3.47. The fourth-order valence-electron chi connectivity index (χ4n) is 3.08. The third-order valence-corrected chi connectivity index (χ3v) is 4.97. The van der Waals surface area contributed by atoms with Crippen molar-refractivity contribution in [1.29, 1.82) is 0 Å². The van der Waals surface area contributed by atoms with E-state index >= 15 is 0 Å². The van der Waals surface area contributed by atoms with E-state index in [1.54, 1.807) is 59.7 Å². The number of pyridine rings is 1. The predicted molar refractivity (Wildman–Crippen MR) is 130 cm³/mol. The number of amides is 2. The number of benzene rings is 2. The molecule has 1 heterocycles. The van der Waals surface area contributed by atoms with Crippen LogP contribution in [0.25, 0.3) is 21.9 Å². The Balaban J connectivity index is 2.22. The molecule has 0 spiro atoms. The van der Waals surface area contributed by atoms with Crippen LogP contribution < -0.4 is 4.90 Å². The molecule has 0 atom stereocenters. The Morgan fingerprint density at radius 3 is 2.00 bits per heavy atom. The minimum Gasteiger partial charge on any atom is -0.443 e. The number of nitrogens with zero attached hydrogens (tertiary/aromatic N) is 2. The summed E-state index contributed by atoms with van der Waals surface area (Å²) in [6.45, 7) is 10.2.